The predicted octanol–water partition coefficient (Wildman–Crippen LogP) is 4.65. The van der Waals surface area contributed by atoms with Crippen LogP contribution in [0.4, 0.5) is 0 Å². The van der Waals surface area contributed by atoms with Crippen LogP contribution >= 0.6 is 11.8 Å². The Morgan fingerprint density at radius 3 is 2.44 bits per heavy atom. The van der Waals surface area contributed by atoms with E-state index < -0.39 is 0 Å². The Morgan fingerprint density at radius 2 is 1.78 bits per heavy atom. The van der Waals surface area contributed by atoms with E-state index >= 15 is 0 Å². The molecule has 1 unspecified atom stereocenters. The van der Waals surface area contributed by atoms with Crippen molar-refractivity contribution in [3.8, 4) is 11.5 Å². The molecule has 0 bridgehead atoms. The second kappa shape index (κ2) is 8.86. The van der Waals surface area contributed by atoms with E-state index in [0.29, 0.717) is 11.1 Å². The molecule has 1 N–H and O–H groups in total. The molecule has 0 saturated heterocycles. The topological polar surface area (TPSA) is 68.0 Å². The number of nitrogens with zero attached hydrogens (tertiary/aromatic N) is 2. The van der Waals surface area contributed by atoms with Crippen molar-refractivity contribution in [1.82, 2.24) is 15.5 Å². The number of aryl methyl sites for hydroxylation is 1. The molecule has 1 amide bonds. The third kappa shape index (κ3) is 5.20. The van der Waals surface area contributed by atoms with E-state index in [2.05, 4.69) is 29.4 Å². The molecule has 0 spiro atoms. The Morgan fingerprint density at radius 1 is 1.07 bits per heavy atom. The van der Waals surface area contributed by atoms with Crippen LogP contribution in [0.3, 0.4) is 0 Å². The maximum absolute atomic E-state index is 12.4. The van der Waals surface area contributed by atoms with Crippen LogP contribution in [0.5, 0.6) is 0 Å². The minimum absolute atomic E-state index is 0.0231. The molecule has 0 aliphatic carbocycles. The molecule has 3 rings (SSSR count). The summed E-state index contributed by atoms with van der Waals surface area (Å²) in [6.07, 6.45) is 0. The fraction of sp³-hybridized carbons (Fsp3) is 0.286. The molecule has 27 heavy (non-hydrogen) atoms. The summed E-state index contributed by atoms with van der Waals surface area (Å²) in [6, 6.07) is 17.9. The molecular formula is C21H23N3O2S. The summed E-state index contributed by atoms with van der Waals surface area (Å²) in [6.45, 7) is 6.21. The number of aromatic nitrogens is 2. The molecular weight excluding hydrogens is 358 g/mol. The Balaban J connectivity index is 1.58. The van der Waals surface area contributed by atoms with Crippen LogP contribution < -0.4 is 5.32 Å². The lowest BCUT2D eigenvalue weighted by molar-refractivity contribution is -0.119. The average Bonchev–Trinajstić information content (AvgIpc) is 3.14. The van der Waals surface area contributed by atoms with Gasteiger partial charge in [0.1, 0.15) is 0 Å². The van der Waals surface area contributed by atoms with E-state index in [0.717, 1.165) is 11.1 Å². The van der Waals surface area contributed by atoms with Crippen LogP contribution in [0.15, 0.2) is 64.2 Å². The van der Waals surface area contributed by atoms with Crippen LogP contribution in [0.25, 0.3) is 11.5 Å². The van der Waals surface area contributed by atoms with Gasteiger partial charge in [0.05, 0.1) is 11.8 Å². The number of thioether (sulfide) groups is 1. The maximum Gasteiger partial charge on any atom is 0.277 e. The number of nitrogens with one attached hydrogen (secondary N) is 1. The quantitative estimate of drug-likeness (QED) is 0.603. The first-order valence-electron chi connectivity index (χ1n) is 8.90. The first-order valence-corrected chi connectivity index (χ1v) is 9.89. The zero-order valence-electron chi connectivity index (χ0n) is 15.7. The lowest BCUT2D eigenvalue weighted by Crippen LogP contribution is -2.32. The van der Waals surface area contributed by atoms with Crippen molar-refractivity contribution in [2.75, 3.05) is 5.75 Å². The zero-order valence-corrected chi connectivity index (χ0v) is 16.5. The van der Waals surface area contributed by atoms with Crippen LogP contribution in [-0.2, 0) is 4.79 Å². The molecule has 0 saturated carbocycles. The van der Waals surface area contributed by atoms with Crippen molar-refractivity contribution in [3.05, 3.63) is 65.7 Å². The fourth-order valence-electron chi connectivity index (χ4n) is 2.72. The molecule has 3 aromatic rings. The fourth-order valence-corrected chi connectivity index (χ4v) is 3.29. The minimum Gasteiger partial charge on any atom is -0.411 e. The molecule has 0 fully saturated rings. The summed E-state index contributed by atoms with van der Waals surface area (Å²) in [5.74, 6) is 0.920. The van der Waals surface area contributed by atoms with Crippen molar-refractivity contribution >= 4 is 17.7 Å². The molecule has 140 valence electrons. The lowest BCUT2D eigenvalue weighted by atomic mass is 9.96. The SMILES string of the molecule is Cc1ccc(-c2nnc(SCC(=O)NC(c3ccccc3)C(C)C)o2)cc1. The highest BCUT2D eigenvalue weighted by atomic mass is 32.2. The van der Waals surface area contributed by atoms with E-state index in [1.807, 2.05) is 61.5 Å². The number of hydrogen-bond acceptors (Lipinski definition) is 5. The van der Waals surface area contributed by atoms with Gasteiger partial charge in [0.25, 0.3) is 5.22 Å². The smallest absolute Gasteiger partial charge is 0.277 e. The highest BCUT2D eigenvalue weighted by Crippen LogP contribution is 2.25. The van der Waals surface area contributed by atoms with Crippen molar-refractivity contribution < 1.29 is 9.21 Å². The van der Waals surface area contributed by atoms with Crippen molar-refractivity contribution in [2.45, 2.75) is 32.0 Å². The number of hydrogen-bond donors (Lipinski definition) is 1. The summed E-state index contributed by atoms with van der Waals surface area (Å²) >= 11 is 1.24. The number of amides is 1. The molecule has 0 radical (unpaired) electrons. The molecule has 2 aromatic carbocycles. The third-order valence-corrected chi connectivity index (χ3v) is 4.99. The van der Waals surface area contributed by atoms with Crippen molar-refractivity contribution in [1.29, 1.82) is 0 Å². The van der Waals surface area contributed by atoms with Gasteiger partial charge in [-0.1, -0.05) is 73.6 Å². The highest BCUT2D eigenvalue weighted by Gasteiger charge is 2.19. The van der Waals surface area contributed by atoms with E-state index in [-0.39, 0.29) is 23.6 Å². The van der Waals surface area contributed by atoms with Gasteiger partial charge in [-0.2, -0.15) is 0 Å². The summed E-state index contributed by atoms with van der Waals surface area (Å²) in [7, 11) is 0. The molecule has 5 nitrogen and oxygen atoms in total. The molecule has 6 heteroatoms. The number of carbonyl (C=O) groups is 1. The van der Waals surface area contributed by atoms with Gasteiger partial charge in [-0.15, -0.1) is 10.2 Å². The molecule has 1 aromatic heterocycles. The van der Waals surface area contributed by atoms with E-state index in [9.17, 15) is 4.79 Å². The molecule has 0 aliphatic rings. The number of rotatable bonds is 7. The standard InChI is InChI=1S/C21H23N3O2S/c1-14(2)19(16-7-5-4-6-8-16)22-18(25)13-27-21-24-23-20(26-21)17-11-9-15(3)10-12-17/h4-12,14,19H,13H2,1-3H3,(H,22,25). The molecule has 1 heterocycles. The Bertz CT molecular complexity index is 876. The van der Waals surface area contributed by atoms with E-state index in [1.54, 1.807) is 0 Å². The van der Waals surface area contributed by atoms with Gasteiger partial charge >= 0.3 is 0 Å². The minimum atomic E-state index is -0.0577. The van der Waals surface area contributed by atoms with Gasteiger partial charge in [0.2, 0.25) is 11.8 Å². The first kappa shape index (κ1) is 19.2. The third-order valence-electron chi connectivity index (χ3n) is 4.17. The predicted molar refractivity (Wildman–Crippen MR) is 107 cm³/mol. The van der Waals surface area contributed by atoms with Gasteiger partial charge in [0, 0.05) is 5.56 Å². The van der Waals surface area contributed by atoms with Gasteiger partial charge in [0.15, 0.2) is 0 Å². The van der Waals surface area contributed by atoms with Crippen LogP contribution in [-0.4, -0.2) is 21.9 Å². The van der Waals surface area contributed by atoms with Crippen LogP contribution in [0.2, 0.25) is 0 Å². The molecule has 1 atom stereocenters. The summed E-state index contributed by atoms with van der Waals surface area (Å²) in [5, 5.41) is 11.6. The van der Waals surface area contributed by atoms with E-state index in [4.69, 9.17) is 4.42 Å². The Kier molecular flexibility index (Phi) is 6.29. The van der Waals surface area contributed by atoms with Crippen LogP contribution in [0, 0.1) is 12.8 Å². The second-order valence-corrected chi connectivity index (χ2v) is 7.65. The maximum atomic E-state index is 12.4. The summed E-state index contributed by atoms with van der Waals surface area (Å²) < 4.78 is 5.66. The molecule has 0 aliphatic heterocycles. The number of carbonyl (C=O) groups excluding carboxylic acids is 1. The zero-order chi connectivity index (χ0) is 19.2. The summed E-state index contributed by atoms with van der Waals surface area (Å²) in [4.78, 5) is 12.4. The lowest BCUT2D eigenvalue weighted by Gasteiger charge is -2.22. The average molecular weight is 382 g/mol. The van der Waals surface area contributed by atoms with Gasteiger partial charge in [-0.05, 0) is 30.5 Å². The summed E-state index contributed by atoms with van der Waals surface area (Å²) in [5.41, 5.74) is 3.14. The Labute approximate surface area is 163 Å². The second-order valence-electron chi connectivity index (χ2n) is 6.73. The Hall–Kier alpha value is -2.60. The monoisotopic (exact) mass is 381 g/mol. The highest BCUT2D eigenvalue weighted by molar-refractivity contribution is 7.99. The van der Waals surface area contributed by atoms with E-state index in [1.165, 1.54) is 17.3 Å². The van der Waals surface area contributed by atoms with Crippen molar-refractivity contribution in [2.24, 2.45) is 5.92 Å². The van der Waals surface area contributed by atoms with Crippen LogP contribution in [0.1, 0.15) is 31.0 Å². The largest absolute Gasteiger partial charge is 0.411 e. The normalized spacial score (nSPS) is 12.1. The van der Waals surface area contributed by atoms with Gasteiger partial charge in [-0.25, -0.2) is 0 Å². The van der Waals surface area contributed by atoms with Gasteiger partial charge < -0.3 is 9.73 Å². The van der Waals surface area contributed by atoms with Gasteiger partial charge in [-0.3, -0.25) is 4.79 Å². The first-order chi connectivity index (χ1) is 13.0. The number of benzene rings is 2. The van der Waals surface area contributed by atoms with Crippen molar-refractivity contribution in [3.63, 3.8) is 0 Å².